The molecule has 2 aromatic heterocycles. The number of imidazole rings is 2. The summed E-state index contributed by atoms with van der Waals surface area (Å²) in [6.07, 6.45) is 4.73. The lowest BCUT2D eigenvalue weighted by molar-refractivity contribution is -0.136. The molecule has 0 bridgehead atoms. The first-order valence-corrected chi connectivity index (χ1v) is 18.3. The molecule has 6 rings (SSSR count). The van der Waals surface area contributed by atoms with E-state index in [1.807, 2.05) is 44.7 Å². The highest BCUT2D eigenvalue weighted by Gasteiger charge is 2.40. The van der Waals surface area contributed by atoms with Gasteiger partial charge >= 0.3 is 12.2 Å². The first-order valence-electron chi connectivity index (χ1n) is 18.3. The standard InChI is InChI=1S/C39H50N8O6/c1-21(2)32(44-38(50)52-6)36(48)46-14-8-9-30(46)34-40-18-28(42-34)26-12-10-25-17-27(13-11-24(25)16-26)29-19-41-35(43-29)31-15-23(5)20-47(31)37(49)33(22(3)4)45-39(51)53-7/h10-13,16-19,21-23,30-33H,8-9,14-15,20H2,1-7H3,(H,40,42)(H,41,43)(H,44,50)(H,45,51)/t23-,30-,31-,32-,33-/m0/s1. The molecule has 2 fully saturated rings. The van der Waals surface area contributed by atoms with Gasteiger partial charge < -0.3 is 39.9 Å². The minimum absolute atomic E-state index is 0.110. The lowest BCUT2D eigenvalue weighted by Crippen LogP contribution is -2.51. The van der Waals surface area contributed by atoms with Crippen LogP contribution in [0.25, 0.3) is 33.3 Å². The van der Waals surface area contributed by atoms with Crippen molar-refractivity contribution in [3.05, 3.63) is 60.4 Å². The highest BCUT2D eigenvalue weighted by molar-refractivity contribution is 5.90. The maximum absolute atomic E-state index is 13.7. The molecule has 4 amide bonds. The zero-order chi connectivity index (χ0) is 38.0. The Hall–Kier alpha value is -5.40. The molecule has 2 saturated heterocycles. The van der Waals surface area contributed by atoms with Gasteiger partial charge in [-0.15, -0.1) is 0 Å². The number of carbonyl (C=O) groups excluding carboxylic acids is 4. The Kier molecular flexibility index (Phi) is 11.1. The predicted molar refractivity (Wildman–Crippen MR) is 199 cm³/mol. The Morgan fingerprint density at radius 2 is 1.25 bits per heavy atom. The summed E-state index contributed by atoms with van der Waals surface area (Å²) in [4.78, 5) is 71.2. The van der Waals surface area contributed by atoms with Crippen molar-refractivity contribution >= 4 is 34.8 Å². The maximum Gasteiger partial charge on any atom is 0.407 e. The number of methoxy groups -OCH3 is 2. The number of nitrogens with zero attached hydrogens (tertiary/aromatic N) is 4. The minimum atomic E-state index is -0.704. The van der Waals surface area contributed by atoms with Crippen molar-refractivity contribution in [2.24, 2.45) is 17.8 Å². The molecular formula is C39H50N8O6. The monoisotopic (exact) mass is 726 g/mol. The van der Waals surface area contributed by atoms with E-state index in [4.69, 9.17) is 19.4 Å². The van der Waals surface area contributed by atoms with Crippen LogP contribution in [0, 0.1) is 17.8 Å². The summed E-state index contributed by atoms with van der Waals surface area (Å²) in [5, 5.41) is 7.50. The second-order valence-electron chi connectivity index (χ2n) is 14.9. The van der Waals surface area contributed by atoms with Crippen molar-refractivity contribution in [2.45, 2.75) is 78.0 Å². The lowest BCUT2D eigenvalue weighted by atomic mass is 10.0. The average molecular weight is 727 g/mol. The SMILES string of the molecule is COC(=O)N[C@H](C(=O)N1CCC[C@H]1c1ncc(-c2ccc3cc(-c4cnc([C@@H]5C[C@H](C)CN5C(=O)[C@@H](NC(=O)OC)C(C)C)[nH]4)ccc3c2)[nH]1)C(C)C. The normalized spacial score (nSPS) is 19.8. The minimum Gasteiger partial charge on any atom is -0.453 e. The van der Waals surface area contributed by atoms with Crippen LogP contribution in [0.15, 0.2) is 48.8 Å². The third kappa shape index (κ3) is 7.86. The number of aromatic nitrogens is 4. The van der Waals surface area contributed by atoms with E-state index in [1.54, 1.807) is 17.3 Å². The topological polar surface area (TPSA) is 175 Å². The van der Waals surface area contributed by atoms with Crippen molar-refractivity contribution in [1.29, 1.82) is 0 Å². The van der Waals surface area contributed by atoms with Gasteiger partial charge in [-0.2, -0.15) is 0 Å². The lowest BCUT2D eigenvalue weighted by Gasteiger charge is -2.30. The number of aromatic amines is 2. The first-order chi connectivity index (χ1) is 25.4. The number of rotatable bonds is 10. The number of benzene rings is 2. The number of ether oxygens (including phenoxy) is 2. The van der Waals surface area contributed by atoms with E-state index in [0.29, 0.717) is 24.7 Å². The molecule has 0 spiro atoms. The van der Waals surface area contributed by atoms with Gasteiger partial charge in [-0.1, -0.05) is 58.9 Å². The largest absolute Gasteiger partial charge is 0.453 e. The first kappa shape index (κ1) is 37.4. The summed E-state index contributed by atoms with van der Waals surface area (Å²) in [6.45, 7) is 10.9. The van der Waals surface area contributed by atoms with Crippen LogP contribution in [0.5, 0.6) is 0 Å². The summed E-state index contributed by atoms with van der Waals surface area (Å²) in [6, 6.07) is 10.6. The van der Waals surface area contributed by atoms with Gasteiger partial charge in [0.2, 0.25) is 11.8 Å². The molecule has 2 aliphatic heterocycles. The molecule has 4 heterocycles. The molecule has 14 nitrogen and oxygen atoms in total. The van der Waals surface area contributed by atoms with Gasteiger partial charge in [-0.25, -0.2) is 19.6 Å². The quantitative estimate of drug-likeness (QED) is 0.155. The fourth-order valence-corrected chi connectivity index (χ4v) is 7.51. The van der Waals surface area contributed by atoms with Crippen molar-refractivity contribution in [3.8, 4) is 22.5 Å². The van der Waals surface area contributed by atoms with Crippen LogP contribution in [0.4, 0.5) is 9.59 Å². The number of nitrogens with one attached hydrogen (secondary N) is 4. The van der Waals surface area contributed by atoms with E-state index in [2.05, 4.69) is 51.8 Å². The predicted octanol–water partition coefficient (Wildman–Crippen LogP) is 5.95. The molecule has 53 heavy (non-hydrogen) atoms. The Morgan fingerprint density at radius 3 is 1.74 bits per heavy atom. The molecule has 0 aliphatic carbocycles. The van der Waals surface area contributed by atoms with Gasteiger partial charge in [0.1, 0.15) is 23.7 Å². The van der Waals surface area contributed by atoms with E-state index < -0.39 is 24.3 Å². The molecule has 282 valence electrons. The average Bonchev–Trinajstić information content (AvgIpc) is 3.98. The Bertz CT molecular complexity index is 1970. The number of fused-ring (bicyclic) bond motifs is 1. The molecule has 4 N–H and O–H groups in total. The summed E-state index contributed by atoms with van der Waals surface area (Å²) in [5.74, 6) is 1.18. The molecule has 0 radical (unpaired) electrons. The second kappa shape index (κ2) is 15.7. The summed E-state index contributed by atoms with van der Waals surface area (Å²) in [7, 11) is 2.58. The Balaban J connectivity index is 1.18. The van der Waals surface area contributed by atoms with E-state index in [9.17, 15) is 19.2 Å². The Morgan fingerprint density at radius 1 is 0.755 bits per heavy atom. The molecule has 14 heteroatoms. The fraction of sp³-hybridized carbons (Fsp3) is 0.487. The van der Waals surface area contributed by atoms with Crippen molar-refractivity contribution in [3.63, 3.8) is 0 Å². The van der Waals surface area contributed by atoms with Crippen LogP contribution in [0.1, 0.15) is 77.6 Å². The van der Waals surface area contributed by atoms with E-state index >= 15 is 0 Å². The van der Waals surface area contributed by atoms with E-state index in [0.717, 1.165) is 52.5 Å². The number of amides is 4. The summed E-state index contributed by atoms with van der Waals surface area (Å²) < 4.78 is 9.53. The van der Waals surface area contributed by atoms with E-state index in [-0.39, 0.29) is 41.7 Å². The smallest absolute Gasteiger partial charge is 0.407 e. The van der Waals surface area contributed by atoms with Gasteiger partial charge in [0, 0.05) is 24.2 Å². The number of H-pyrrole nitrogens is 2. The highest BCUT2D eigenvalue weighted by atomic mass is 16.5. The van der Waals surface area contributed by atoms with Crippen LogP contribution in [-0.4, -0.2) is 93.1 Å². The van der Waals surface area contributed by atoms with Gasteiger partial charge in [-0.05, 0) is 59.9 Å². The Labute approximate surface area is 309 Å². The maximum atomic E-state index is 13.7. The molecule has 2 aromatic carbocycles. The third-order valence-electron chi connectivity index (χ3n) is 10.4. The zero-order valence-electron chi connectivity index (χ0n) is 31.4. The fourth-order valence-electron chi connectivity index (χ4n) is 7.51. The summed E-state index contributed by atoms with van der Waals surface area (Å²) in [5.41, 5.74) is 3.64. The van der Waals surface area contributed by atoms with Gasteiger partial charge in [0.15, 0.2) is 0 Å². The van der Waals surface area contributed by atoms with Crippen LogP contribution in [-0.2, 0) is 19.1 Å². The van der Waals surface area contributed by atoms with Crippen molar-refractivity contribution in [2.75, 3.05) is 27.3 Å². The zero-order valence-corrected chi connectivity index (χ0v) is 31.4. The number of alkyl carbamates (subject to hydrolysis) is 2. The van der Waals surface area contributed by atoms with Gasteiger partial charge in [0.25, 0.3) is 0 Å². The van der Waals surface area contributed by atoms with Crippen molar-refractivity contribution in [1.82, 2.24) is 40.4 Å². The van der Waals surface area contributed by atoms with Crippen LogP contribution in [0.2, 0.25) is 0 Å². The van der Waals surface area contributed by atoms with Crippen LogP contribution in [0.3, 0.4) is 0 Å². The van der Waals surface area contributed by atoms with E-state index in [1.165, 1.54) is 14.2 Å². The second-order valence-corrected chi connectivity index (χ2v) is 14.9. The molecule has 4 aromatic rings. The number of hydrogen-bond donors (Lipinski definition) is 4. The van der Waals surface area contributed by atoms with Crippen LogP contribution < -0.4 is 10.6 Å². The third-order valence-corrected chi connectivity index (χ3v) is 10.4. The summed E-state index contributed by atoms with van der Waals surface area (Å²) >= 11 is 0. The number of carbonyl (C=O) groups is 4. The molecule has 2 aliphatic rings. The van der Waals surface area contributed by atoms with Gasteiger partial charge in [-0.3, -0.25) is 9.59 Å². The highest BCUT2D eigenvalue weighted by Crippen LogP contribution is 2.37. The number of likely N-dealkylation sites (tertiary alicyclic amines) is 2. The number of hydrogen-bond acceptors (Lipinski definition) is 8. The molecule has 0 unspecified atom stereocenters. The molecular weight excluding hydrogens is 676 g/mol. The van der Waals surface area contributed by atoms with Crippen molar-refractivity contribution < 1.29 is 28.7 Å². The van der Waals surface area contributed by atoms with Crippen LogP contribution >= 0.6 is 0 Å². The van der Waals surface area contributed by atoms with Gasteiger partial charge in [0.05, 0.1) is 50.1 Å². The molecule has 5 atom stereocenters. The molecule has 0 saturated carbocycles.